The van der Waals surface area contributed by atoms with Gasteiger partial charge in [0.25, 0.3) is 0 Å². The lowest BCUT2D eigenvalue weighted by Crippen LogP contribution is -2.45. The van der Waals surface area contributed by atoms with Crippen LogP contribution in [0.25, 0.3) is 0 Å². The monoisotopic (exact) mass is 284 g/mol. The largest absolute Gasteiger partial charge is 0.308 e. The first-order valence-electron chi connectivity index (χ1n) is 6.60. The number of aromatic nitrogens is 2. The number of hydrogen-bond donors (Lipinski definition) is 1. The summed E-state index contributed by atoms with van der Waals surface area (Å²) < 4.78 is 1.72. The quantitative estimate of drug-likeness (QED) is 0.831. The van der Waals surface area contributed by atoms with E-state index in [4.69, 9.17) is 11.6 Å². The number of hydrogen-bond acceptors (Lipinski definition) is 4. The minimum atomic E-state index is -0.500. The Bertz CT molecular complexity index is 463. The third-order valence-corrected chi connectivity index (χ3v) is 3.92. The van der Waals surface area contributed by atoms with Crippen LogP contribution in [0, 0.1) is 0 Å². The van der Waals surface area contributed by atoms with E-state index in [2.05, 4.69) is 15.3 Å². The zero-order valence-electron chi connectivity index (χ0n) is 11.7. The summed E-state index contributed by atoms with van der Waals surface area (Å²) in [6.07, 6.45) is 3.43. The topological polar surface area (TPSA) is 50.2 Å². The van der Waals surface area contributed by atoms with Crippen LogP contribution in [0.3, 0.4) is 0 Å². The summed E-state index contributed by atoms with van der Waals surface area (Å²) in [7, 11) is 3.99. The molecule has 0 radical (unpaired) electrons. The Kier molecular flexibility index (Phi) is 4.28. The highest BCUT2D eigenvalue weighted by Crippen LogP contribution is 2.27. The summed E-state index contributed by atoms with van der Waals surface area (Å²) in [6.45, 7) is 4.31. The van der Waals surface area contributed by atoms with E-state index in [1.54, 1.807) is 10.9 Å². The van der Waals surface area contributed by atoms with Gasteiger partial charge in [-0.25, -0.2) is 0 Å². The van der Waals surface area contributed by atoms with Crippen molar-refractivity contribution in [1.29, 1.82) is 0 Å². The van der Waals surface area contributed by atoms with Gasteiger partial charge in [0, 0.05) is 6.54 Å². The van der Waals surface area contributed by atoms with E-state index < -0.39 is 5.54 Å². The lowest BCUT2D eigenvalue weighted by atomic mass is 9.92. The average Bonchev–Trinajstić information content (AvgIpc) is 2.93. The summed E-state index contributed by atoms with van der Waals surface area (Å²) in [5, 5.41) is 7.94. The van der Waals surface area contributed by atoms with E-state index in [9.17, 15) is 4.79 Å². The van der Waals surface area contributed by atoms with Gasteiger partial charge in [0.1, 0.15) is 5.69 Å². The van der Waals surface area contributed by atoms with Crippen LogP contribution in [0.1, 0.15) is 30.3 Å². The maximum absolute atomic E-state index is 12.7. The van der Waals surface area contributed by atoms with Gasteiger partial charge in [0.15, 0.2) is 0 Å². The van der Waals surface area contributed by atoms with Crippen LogP contribution >= 0.6 is 11.6 Å². The first kappa shape index (κ1) is 14.5. The molecule has 0 aliphatic carbocycles. The predicted octanol–water partition coefficient (Wildman–Crippen LogP) is 1.42. The molecule has 0 amide bonds. The summed E-state index contributed by atoms with van der Waals surface area (Å²) >= 11 is 6.15. The number of carbonyl (C=O) groups excluding carboxylic acids is 1. The van der Waals surface area contributed by atoms with Gasteiger partial charge in [-0.05, 0) is 40.4 Å². The third kappa shape index (κ3) is 2.99. The van der Waals surface area contributed by atoms with Crippen molar-refractivity contribution >= 4 is 17.4 Å². The molecule has 5 nitrogen and oxygen atoms in total. The molecule has 19 heavy (non-hydrogen) atoms. The lowest BCUT2D eigenvalue weighted by Gasteiger charge is -2.23. The van der Waals surface area contributed by atoms with Gasteiger partial charge in [0.05, 0.1) is 23.3 Å². The Morgan fingerprint density at radius 3 is 2.95 bits per heavy atom. The van der Waals surface area contributed by atoms with Crippen molar-refractivity contribution in [3.8, 4) is 0 Å². The number of carbonyl (C=O) groups is 1. The molecule has 0 spiro atoms. The van der Waals surface area contributed by atoms with Gasteiger partial charge < -0.3 is 10.2 Å². The van der Waals surface area contributed by atoms with E-state index in [0.29, 0.717) is 17.3 Å². The maximum atomic E-state index is 12.7. The van der Waals surface area contributed by atoms with Gasteiger partial charge in [-0.3, -0.25) is 9.48 Å². The van der Waals surface area contributed by atoms with Crippen LogP contribution in [0.2, 0.25) is 5.02 Å². The first-order valence-corrected chi connectivity index (χ1v) is 6.98. The van der Waals surface area contributed by atoms with E-state index in [-0.39, 0.29) is 5.78 Å². The van der Waals surface area contributed by atoms with E-state index in [0.717, 1.165) is 25.9 Å². The fraction of sp³-hybridized carbons (Fsp3) is 0.692. The fourth-order valence-corrected chi connectivity index (χ4v) is 2.63. The highest BCUT2D eigenvalue weighted by atomic mass is 35.5. The minimum absolute atomic E-state index is 0.0475. The highest BCUT2D eigenvalue weighted by Gasteiger charge is 2.39. The minimum Gasteiger partial charge on any atom is -0.308 e. The molecule has 0 saturated carbocycles. The molecule has 1 N–H and O–H groups in total. The second kappa shape index (κ2) is 5.61. The molecule has 1 fully saturated rings. The number of rotatable bonds is 5. The highest BCUT2D eigenvalue weighted by molar-refractivity contribution is 6.34. The molecule has 1 atom stereocenters. The maximum Gasteiger partial charge on any atom is 0.202 e. The molecule has 2 heterocycles. The lowest BCUT2D eigenvalue weighted by molar-refractivity contribution is 0.0872. The smallest absolute Gasteiger partial charge is 0.202 e. The first-order chi connectivity index (χ1) is 8.94. The van der Waals surface area contributed by atoms with Crippen LogP contribution in [-0.2, 0) is 6.54 Å². The number of ketones is 1. The number of Topliss-reactive ketones (excluding diaryl/α,β-unsaturated/α-hetero) is 1. The van der Waals surface area contributed by atoms with Crippen molar-refractivity contribution in [3.63, 3.8) is 0 Å². The molecule has 1 unspecified atom stereocenters. The zero-order valence-corrected chi connectivity index (χ0v) is 12.5. The van der Waals surface area contributed by atoms with Crippen LogP contribution in [0.4, 0.5) is 0 Å². The van der Waals surface area contributed by atoms with Crippen molar-refractivity contribution in [2.75, 3.05) is 27.2 Å². The molecule has 1 aromatic heterocycles. The average molecular weight is 285 g/mol. The van der Waals surface area contributed by atoms with Crippen molar-refractivity contribution < 1.29 is 4.79 Å². The van der Waals surface area contributed by atoms with Gasteiger partial charge in [0.2, 0.25) is 5.78 Å². The Balaban J connectivity index is 2.23. The molecule has 1 saturated heterocycles. The Morgan fingerprint density at radius 1 is 1.63 bits per heavy atom. The normalized spacial score (nSPS) is 23.2. The van der Waals surface area contributed by atoms with Gasteiger partial charge >= 0.3 is 0 Å². The number of halogens is 1. The molecule has 6 heteroatoms. The molecule has 1 aliphatic rings. The Hall–Kier alpha value is -0.910. The van der Waals surface area contributed by atoms with Crippen molar-refractivity contribution in [2.45, 2.75) is 31.8 Å². The predicted molar refractivity (Wildman–Crippen MR) is 75.8 cm³/mol. The van der Waals surface area contributed by atoms with Crippen LogP contribution < -0.4 is 5.32 Å². The van der Waals surface area contributed by atoms with Crippen LogP contribution in [0.5, 0.6) is 0 Å². The Labute approximate surface area is 118 Å². The van der Waals surface area contributed by atoms with Crippen molar-refractivity contribution in [1.82, 2.24) is 20.0 Å². The zero-order chi connectivity index (χ0) is 14.0. The van der Waals surface area contributed by atoms with Gasteiger partial charge in [-0.1, -0.05) is 11.6 Å². The van der Waals surface area contributed by atoms with Crippen LogP contribution in [0.15, 0.2) is 6.20 Å². The SMILES string of the molecule is CN(C)CCn1ncc(Cl)c1C(=O)C1(C)CCCN1. The summed E-state index contributed by atoms with van der Waals surface area (Å²) in [4.78, 5) is 14.7. The third-order valence-electron chi connectivity index (χ3n) is 3.64. The van der Waals surface area contributed by atoms with E-state index >= 15 is 0 Å². The number of nitrogens with one attached hydrogen (secondary N) is 1. The standard InChI is InChI=1S/C13H21ClN4O/c1-13(5-4-6-15-13)12(19)11-10(14)9-16-18(11)8-7-17(2)3/h9,15H,4-8H2,1-3H3. The molecule has 2 rings (SSSR count). The van der Waals surface area contributed by atoms with Crippen LogP contribution in [-0.4, -0.2) is 53.2 Å². The second-order valence-corrected chi connectivity index (χ2v) is 5.97. The summed E-state index contributed by atoms with van der Waals surface area (Å²) in [5.74, 6) is 0.0475. The summed E-state index contributed by atoms with van der Waals surface area (Å²) in [5.41, 5.74) is 0.0277. The fourth-order valence-electron chi connectivity index (χ4n) is 2.40. The molecule has 0 bridgehead atoms. The Morgan fingerprint density at radius 2 is 2.37 bits per heavy atom. The van der Waals surface area contributed by atoms with Gasteiger partial charge in [-0.2, -0.15) is 5.10 Å². The molecular formula is C13H21ClN4O. The van der Waals surface area contributed by atoms with E-state index in [1.807, 2.05) is 21.0 Å². The van der Waals surface area contributed by atoms with E-state index in [1.165, 1.54) is 0 Å². The number of nitrogens with zero attached hydrogens (tertiary/aromatic N) is 3. The second-order valence-electron chi connectivity index (χ2n) is 5.56. The van der Waals surface area contributed by atoms with Gasteiger partial charge in [-0.15, -0.1) is 0 Å². The molecule has 1 aromatic rings. The molecule has 0 aromatic carbocycles. The molecule has 106 valence electrons. The molecular weight excluding hydrogens is 264 g/mol. The summed E-state index contributed by atoms with van der Waals surface area (Å²) in [6, 6.07) is 0. The van der Waals surface area contributed by atoms with Crippen molar-refractivity contribution in [3.05, 3.63) is 16.9 Å². The van der Waals surface area contributed by atoms with Crippen molar-refractivity contribution in [2.24, 2.45) is 0 Å². The molecule has 1 aliphatic heterocycles. The number of likely N-dealkylation sites (N-methyl/N-ethyl adjacent to an activating group) is 1.